The highest BCUT2D eigenvalue weighted by molar-refractivity contribution is 5.36. The summed E-state index contributed by atoms with van der Waals surface area (Å²) >= 11 is 0. The van der Waals surface area contributed by atoms with Gasteiger partial charge in [-0.3, -0.25) is 0 Å². The standard InChI is InChI=1S/C16H16F2O2/c1-10-7-13(17)4-3-12(10)9-20-16-8-14(18)5-6-15(16)11(2)19/h3-8,11,19H,9H2,1-2H3/t11-/m1/s1. The van der Waals surface area contributed by atoms with Crippen molar-refractivity contribution in [2.45, 2.75) is 26.6 Å². The number of aryl methyl sites for hydroxylation is 1. The van der Waals surface area contributed by atoms with E-state index < -0.39 is 11.9 Å². The fourth-order valence-electron chi connectivity index (χ4n) is 1.96. The summed E-state index contributed by atoms with van der Waals surface area (Å²) in [5.41, 5.74) is 2.10. The fourth-order valence-corrected chi connectivity index (χ4v) is 1.96. The Morgan fingerprint density at radius 1 is 1.10 bits per heavy atom. The predicted molar refractivity (Wildman–Crippen MR) is 72.5 cm³/mol. The third kappa shape index (κ3) is 3.33. The summed E-state index contributed by atoms with van der Waals surface area (Å²) in [6.45, 7) is 3.56. The van der Waals surface area contributed by atoms with Gasteiger partial charge in [-0.15, -0.1) is 0 Å². The molecule has 0 saturated heterocycles. The molecule has 1 N–H and O–H groups in total. The van der Waals surface area contributed by atoms with E-state index in [1.54, 1.807) is 19.9 Å². The summed E-state index contributed by atoms with van der Waals surface area (Å²) in [6.07, 6.45) is -0.750. The maximum Gasteiger partial charge on any atom is 0.128 e. The minimum absolute atomic E-state index is 0.190. The van der Waals surface area contributed by atoms with Crippen LogP contribution in [0.4, 0.5) is 8.78 Å². The topological polar surface area (TPSA) is 29.5 Å². The minimum Gasteiger partial charge on any atom is -0.488 e. The molecule has 0 bridgehead atoms. The third-order valence-electron chi connectivity index (χ3n) is 3.11. The SMILES string of the molecule is Cc1cc(F)ccc1COc1cc(F)ccc1[C@@H](C)O. The zero-order valence-electron chi connectivity index (χ0n) is 11.4. The molecular formula is C16H16F2O2. The molecule has 0 aliphatic heterocycles. The quantitative estimate of drug-likeness (QED) is 0.919. The van der Waals surface area contributed by atoms with Gasteiger partial charge in [0.2, 0.25) is 0 Å². The highest BCUT2D eigenvalue weighted by Crippen LogP contribution is 2.27. The molecule has 2 aromatic rings. The fraction of sp³-hybridized carbons (Fsp3) is 0.250. The van der Waals surface area contributed by atoms with E-state index in [1.807, 2.05) is 0 Å². The Morgan fingerprint density at radius 2 is 1.75 bits per heavy atom. The van der Waals surface area contributed by atoms with E-state index in [0.717, 1.165) is 11.1 Å². The van der Waals surface area contributed by atoms with Crippen LogP contribution in [-0.2, 0) is 6.61 Å². The minimum atomic E-state index is -0.750. The first-order valence-electron chi connectivity index (χ1n) is 6.32. The average molecular weight is 278 g/mol. The van der Waals surface area contributed by atoms with Crippen LogP contribution in [0.3, 0.4) is 0 Å². The average Bonchev–Trinajstić information content (AvgIpc) is 2.37. The lowest BCUT2D eigenvalue weighted by molar-refractivity contribution is 0.189. The molecule has 0 amide bonds. The highest BCUT2D eigenvalue weighted by Gasteiger charge is 2.11. The second kappa shape index (κ2) is 6.01. The summed E-state index contributed by atoms with van der Waals surface area (Å²) in [5, 5.41) is 9.63. The Bertz CT molecular complexity index is 609. The van der Waals surface area contributed by atoms with Crippen LogP contribution in [0.5, 0.6) is 5.75 Å². The molecule has 0 heterocycles. The Labute approximate surface area is 116 Å². The van der Waals surface area contributed by atoms with Crippen LogP contribution in [0.2, 0.25) is 0 Å². The van der Waals surface area contributed by atoms with Gasteiger partial charge in [-0.25, -0.2) is 8.78 Å². The van der Waals surface area contributed by atoms with Crippen LogP contribution >= 0.6 is 0 Å². The van der Waals surface area contributed by atoms with Crippen molar-refractivity contribution in [3.8, 4) is 5.75 Å². The lowest BCUT2D eigenvalue weighted by Gasteiger charge is -2.14. The normalized spacial score (nSPS) is 12.2. The summed E-state index contributed by atoms with van der Waals surface area (Å²) in [5.74, 6) is -0.439. The zero-order valence-corrected chi connectivity index (χ0v) is 11.4. The van der Waals surface area contributed by atoms with Gasteiger partial charge < -0.3 is 9.84 Å². The molecule has 0 aliphatic rings. The number of ether oxygens (including phenoxy) is 1. The van der Waals surface area contributed by atoms with Crippen molar-refractivity contribution in [2.75, 3.05) is 0 Å². The van der Waals surface area contributed by atoms with E-state index in [2.05, 4.69) is 0 Å². The van der Waals surface area contributed by atoms with Crippen molar-refractivity contribution >= 4 is 0 Å². The first kappa shape index (κ1) is 14.5. The van der Waals surface area contributed by atoms with Crippen LogP contribution in [0.1, 0.15) is 29.7 Å². The zero-order chi connectivity index (χ0) is 14.7. The molecule has 0 radical (unpaired) electrons. The van der Waals surface area contributed by atoms with Crippen LogP contribution in [0.15, 0.2) is 36.4 Å². The summed E-state index contributed by atoms with van der Waals surface area (Å²) in [4.78, 5) is 0. The van der Waals surface area contributed by atoms with Crippen molar-refractivity contribution in [3.63, 3.8) is 0 Å². The number of hydrogen-bond donors (Lipinski definition) is 1. The molecule has 2 nitrogen and oxygen atoms in total. The molecule has 4 heteroatoms. The second-order valence-corrected chi connectivity index (χ2v) is 4.72. The Morgan fingerprint density at radius 3 is 2.40 bits per heavy atom. The van der Waals surface area contributed by atoms with Crippen molar-refractivity contribution < 1.29 is 18.6 Å². The van der Waals surface area contributed by atoms with Gasteiger partial charge in [-0.2, -0.15) is 0 Å². The van der Waals surface area contributed by atoms with E-state index in [-0.39, 0.29) is 12.4 Å². The lowest BCUT2D eigenvalue weighted by Crippen LogP contribution is -2.03. The van der Waals surface area contributed by atoms with Gasteiger partial charge >= 0.3 is 0 Å². The largest absolute Gasteiger partial charge is 0.488 e. The van der Waals surface area contributed by atoms with E-state index in [0.29, 0.717) is 11.3 Å². The number of hydrogen-bond acceptors (Lipinski definition) is 2. The molecule has 20 heavy (non-hydrogen) atoms. The highest BCUT2D eigenvalue weighted by atomic mass is 19.1. The monoisotopic (exact) mass is 278 g/mol. The summed E-state index contributed by atoms with van der Waals surface area (Å²) < 4.78 is 31.8. The Hall–Kier alpha value is -1.94. The van der Waals surface area contributed by atoms with E-state index in [9.17, 15) is 13.9 Å². The van der Waals surface area contributed by atoms with E-state index in [4.69, 9.17) is 4.74 Å². The van der Waals surface area contributed by atoms with Gasteiger partial charge in [0.05, 0.1) is 6.10 Å². The molecule has 106 valence electrons. The van der Waals surface area contributed by atoms with Crippen LogP contribution in [0, 0.1) is 18.6 Å². The van der Waals surface area contributed by atoms with Gasteiger partial charge in [0, 0.05) is 11.6 Å². The van der Waals surface area contributed by atoms with E-state index >= 15 is 0 Å². The van der Waals surface area contributed by atoms with Crippen LogP contribution in [0.25, 0.3) is 0 Å². The lowest BCUT2D eigenvalue weighted by atomic mass is 10.1. The molecule has 2 aromatic carbocycles. The molecule has 2 rings (SSSR count). The molecule has 0 saturated carbocycles. The maximum atomic E-state index is 13.3. The predicted octanol–water partition coefficient (Wildman–Crippen LogP) is 3.91. The van der Waals surface area contributed by atoms with Crippen LogP contribution < -0.4 is 4.74 Å². The van der Waals surface area contributed by atoms with Gasteiger partial charge in [0.15, 0.2) is 0 Å². The molecule has 0 unspecified atom stereocenters. The molecule has 0 aliphatic carbocycles. The van der Waals surface area contributed by atoms with Gasteiger partial charge in [0.1, 0.15) is 24.0 Å². The molecule has 0 spiro atoms. The van der Waals surface area contributed by atoms with Crippen LogP contribution in [-0.4, -0.2) is 5.11 Å². The van der Waals surface area contributed by atoms with Gasteiger partial charge in [0.25, 0.3) is 0 Å². The summed E-state index contributed by atoms with van der Waals surface area (Å²) in [7, 11) is 0. The number of rotatable bonds is 4. The van der Waals surface area contributed by atoms with E-state index in [1.165, 1.54) is 30.3 Å². The van der Waals surface area contributed by atoms with Crippen molar-refractivity contribution in [1.82, 2.24) is 0 Å². The number of benzene rings is 2. The van der Waals surface area contributed by atoms with Gasteiger partial charge in [-0.05, 0) is 49.2 Å². The Balaban J connectivity index is 2.20. The number of aliphatic hydroxyl groups excluding tert-OH is 1. The first-order chi connectivity index (χ1) is 9.47. The van der Waals surface area contributed by atoms with Gasteiger partial charge in [-0.1, -0.05) is 6.07 Å². The second-order valence-electron chi connectivity index (χ2n) is 4.72. The third-order valence-corrected chi connectivity index (χ3v) is 3.11. The van der Waals surface area contributed by atoms with Crippen molar-refractivity contribution in [1.29, 1.82) is 0 Å². The maximum absolute atomic E-state index is 13.3. The Kier molecular flexibility index (Phi) is 4.35. The molecule has 0 fully saturated rings. The first-order valence-corrected chi connectivity index (χ1v) is 6.32. The number of halogens is 2. The van der Waals surface area contributed by atoms with Crippen molar-refractivity contribution in [2.24, 2.45) is 0 Å². The molecule has 0 aromatic heterocycles. The molecule has 1 atom stereocenters. The molecular weight excluding hydrogens is 262 g/mol. The van der Waals surface area contributed by atoms with Crippen molar-refractivity contribution in [3.05, 3.63) is 64.7 Å². The summed E-state index contributed by atoms with van der Waals surface area (Å²) in [6, 6.07) is 8.41. The number of aliphatic hydroxyl groups is 1. The smallest absolute Gasteiger partial charge is 0.128 e.